The van der Waals surface area contributed by atoms with Crippen molar-refractivity contribution in [3.8, 4) is 0 Å². The van der Waals surface area contributed by atoms with Gasteiger partial charge >= 0.3 is 0 Å². The van der Waals surface area contributed by atoms with E-state index in [4.69, 9.17) is 0 Å². The fraction of sp³-hybridized carbons (Fsp3) is 0.368. The highest BCUT2D eigenvalue weighted by atomic mass is 15.0. The molecular formula is C19H23N. The van der Waals surface area contributed by atoms with Gasteiger partial charge in [0.1, 0.15) is 0 Å². The maximum atomic E-state index is 3.78. The average Bonchev–Trinajstić information content (AvgIpc) is 2.51. The second-order valence-electron chi connectivity index (χ2n) is 6.07. The molecule has 1 aliphatic rings. The molecule has 0 saturated carbocycles. The lowest BCUT2D eigenvalue weighted by Gasteiger charge is -2.41. The normalized spacial score (nSPS) is 30.1. The van der Waals surface area contributed by atoms with Crippen LogP contribution in [0, 0.1) is 5.92 Å². The number of piperidine rings is 1. The molecule has 2 aromatic carbocycles. The fourth-order valence-electron chi connectivity index (χ4n) is 3.55. The van der Waals surface area contributed by atoms with E-state index in [9.17, 15) is 0 Å². The topological polar surface area (TPSA) is 12.0 Å². The zero-order valence-corrected chi connectivity index (χ0v) is 12.3. The van der Waals surface area contributed by atoms with Crippen molar-refractivity contribution in [1.82, 2.24) is 5.32 Å². The molecule has 104 valence electrons. The molecule has 20 heavy (non-hydrogen) atoms. The molecule has 1 saturated heterocycles. The van der Waals surface area contributed by atoms with E-state index >= 15 is 0 Å². The number of rotatable bonds is 2. The van der Waals surface area contributed by atoms with Gasteiger partial charge in [0.05, 0.1) is 0 Å². The van der Waals surface area contributed by atoms with Crippen molar-refractivity contribution >= 4 is 0 Å². The Balaban J connectivity index is 1.90. The zero-order valence-electron chi connectivity index (χ0n) is 12.3. The summed E-state index contributed by atoms with van der Waals surface area (Å²) in [6.45, 7) is 4.69. The van der Waals surface area contributed by atoms with E-state index in [1.165, 1.54) is 17.5 Å². The van der Waals surface area contributed by atoms with Gasteiger partial charge in [0.25, 0.3) is 0 Å². The second kappa shape index (κ2) is 5.80. The van der Waals surface area contributed by atoms with Crippen LogP contribution in [0.4, 0.5) is 0 Å². The van der Waals surface area contributed by atoms with E-state index in [2.05, 4.69) is 79.8 Å². The zero-order chi connectivity index (χ0) is 13.9. The first-order valence-electron chi connectivity index (χ1n) is 7.61. The molecule has 0 aliphatic carbocycles. The van der Waals surface area contributed by atoms with Crippen molar-refractivity contribution in [3.05, 3.63) is 71.8 Å². The van der Waals surface area contributed by atoms with E-state index in [-0.39, 0.29) is 0 Å². The first-order valence-corrected chi connectivity index (χ1v) is 7.61. The van der Waals surface area contributed by atoms with Crippen molar-refractivity contribution in [2.24, 2.45) is 5.92 Å². The highest BCUT2D eigenvalue weighted by molar-refractivity contribution is 5.26. The van der Waals surface area contributed by atoms with Crippen LogP contribution in [0.5, 0.6) is 0 Å². The summed E-state index contributed by atoms with van der Waals surface area (Å²) in [5.74, 6) is 1.24. The van der Waals surface area contributed by atoms with Crippen LogP contribution in [0.25, 0.3) is 0 Å². The summed E-state index contributed by atoms with van der Waals surface area (Å²) in [5.41, 5.74) is 2.89. The van der Waals surface area contributed by atoms with E-state index in [0.717, 1.165) is 0 Å². The smallest absolute Gasteiger partial charge is 0.0354 e. The van der Waals surface area contributed by atoms with Crippen LogP contribution in [-0.4, -0.2) is 6.04 Å². The third-order valence-electron chi connectivity index (χ3n) is 4.62. The van der Waals surface area contributed by atoms with Gasteiger partial charge in [0.2, 0.25) is 0 Å². The molecule has 1 N–H and O–H groups in total. The average molecular weight is 265 g/mol. The van der Waals surface area contributed by atoms with Crippen LogP contribution in [0.1, 0.15) is 43.4 Å². The molecule has 4 atom stereocenters. The Kier molecular flexibility index (Phi) is 3.88. The van der Waals surface area contributed by atoms with E-state index < -0.39 is 0 Å². The van der Waals surface area contributed by atoms with Gasteiger partial charge in [-0.25, -0.2) is 0 Å². The van der Waals surface area contributed by atoms with E-state index in [0.29, 0.717) is 23.9 Å². The van der Waals surface area contributed by atoms with Gasteiger partial charge in [-0.15, -0.1) is 0 Å². The molecule has 3 rings (SSSR count). The fourth-order valence-corrected chi connectivity index (χ4v) is 3.55. The van der Waals surface area contributed by atoms with Gasteiger partial charge in [-0.2, -0.15) is 0 Å². The monoisotopic (exact) mass is 265 g/mol. The molecule has 0 aromatic heterocycles. The minimum Gasteiger partial charge on any atom is -0.307 e. The van der Waals surface area contributed by atoms with Crippen LogP contribution < -0.4 is 5.32 Å². The lowest BCUT2D eigenvalue weighted by Crippen LogP contribution is -2.43. The van der Waals surface area contributed by atoms with Crippen molar-refractivity contribution in [2.75, 3.05) is 0 Å². The summed E-state index contributed by atoms with van der Waals surface area (Å²) in [6.07, 6.45) is 1.22. The molecule has 0 radical (unpaired) electrons. The highest BCUT2D eigenvalue weighted by Gasteiger charge is 2.34. The van der Waals surface area contributed by atoms with Gasteiger partial charge < -0.3 is 5.32 Å². The Hall–Kier alpha value is -1.60. The minimum absolute atomic E-state index is 0.449. The molecule has 0 spiro atoms. The van der Waals surface area contributed by atoms with Crippen molar-refractivity contribution in [1.29, 1.82) is 0 Å². The quantitative estimate of drug-likeness (QED) is 0.841. The number of nitrogens with one attached hydrogen (secondary N) is 1. The van der Waals surface area contributed by atoms with Crippen LogP contribution in [0.2, 0.25) is 0 Å². The molecular weight excluding hydrogens is 242 g/mol. The molecule has 0 bridgehead atoms. The molecule has 1 aliphatic heterocycles. The lowest BCUT2D eigenvalue weighted by atomic mass is 9.74. The predicted molar refractivity (Wildman–Crippen MR) is 84.7 cm³/mol. The van der Waals surface area contributed by atoms with Gasteiger partial charge in [-0.05, 0) is 36.3 Å². The van der Waals surface area contributed by atoms with Crippen molar-refractivity contribution in [2.45, 2.75) is 38.3 Å². The minimum atomic E-state index is 0.449. The van der Waals surface area contributed by atoms with Gasteiger partial charge in [-0.3, -0.25) is 0 Å². The predicted octanol–water partition coefficient (Wildman–Crippen LogP) is 4.53. The number of hydrogen-bond acceptors (Lipinski definition) is 1. The molecule has 2 aromatic rings. The summed E-state index contributed by atoms with van der Waals surface area (Å²) >= 11 is 0. The number of benzene rings is 2. The van der Waals surface area contributed by atoms with Crippen LogP contribution in [0.3, 0.4) is 0 Å². The number of hydrogen-bond donors (Lipinski definition) is 1. The maximum absolute atomic E-state index is 3.78. The Morgan fingerprint density at radius 3 is 1.95 bits per heavy atom. The first-order chi connectivity index (χ1) is 9.75. The molecule has 1 fully saturated rings. The summed E-state index contributed by atoms with van der Waals surface area (Å²) < 4.78 is 0. The Bertz CT molecular complexity index is 485. The third-order valence-corrected chi connectivity index (χ3v) is 4.62. The van der Waals surface area contributed by atoms with Gasteiger partial charge in [0, 0.05) is 12.1 Å². The third kappa shape index (κ3) is 2.64. The molecule has 0 amide bonds. The second-order valence-corrected chi connectivity index (χ2v) is 6.07. The van der Waals surface area contributed by atoms with Crippen molar-refractivity contribution in [3.63, 3.8) is 0 Å². The summed E-state index contributed by atoms with van der Waals surface area (Å²) in [5, 5.41) is 3.78. The standard InChI is InChI=1S/C19H23N/c1-14-13-18(16-9-5-3-6-10-16)15(2)19(20-14)17-11-7-4-8-12-17/h3-12,14-15,18-20H,13H2,1-2H3. The first kappa shape index (κ1) is 13.4. The molecule has 1 heterocycles. The summed E-state index contributed by atoms with van der Waals surface area (Å²) in [4.78, 5) is 0. The van der Waals surface area contributed by atoms with Gasteiger partial charge in [-0.1, -0.05) is 67.6 Å². The Labute approximate surface area is 122 Å². The van der Waals surface area contributed by atoms with E-state index in [1.54, 1.807) is 0 Å². The summed E-state index contributed by atoms with van der Waals surface area (Å²) in [7, 11) is 0. The van der Waals surface area contributed by atoms with Gasteiger partial charge in [0.15, 0.2) is 0 Å². The maximum Gasteiger partial charge on any atom is 0.0354 e. The summed E-state index contributed by atoms with van der Waals surface area (Å²) in [6, 6.07) is 22.8. The lowest BCUT2D eigenvalue weighted by molar-refractivity contribution is 0.222. The SMILES string of the molecule is CC1CC(c2ccccc2)C(C)C(c2ccccc2)N1. The van der Waals surface area contributed by atoms with Crippen molar-refractivity contribution < 1.29 is 0 Å². The molecule has 4 unspecified atom stereocenters. The van der Waals surface area contributed by atoms with Crippen LogP contribution in [0.15, 0.2) is 60.7 Å². The van der Waals surface area contributed by atoms with Crippen LogP contribution in [-0.2, 0) is 0 Å². The largest absolute Gasteiger partial charge is 0.307 e. The molecule has 1 nitrogen and oxygen atoms in total. The highest BCUT2D eigenvalue weighted by Crippen LogP contribution is 2.41. The Morgan fingerprint density at radius 1 is 0.800 bits per heavy atom. The Morgan fingerprint density at radius 2 is 1.35 bits per heavy atom. The molecule has 1 heteroatoms. The van der Waals surface area contributed by atoms with Crippen LogP contribution >= 0.6 is 0 Å². The van der Waals surface area contributed by atoms with E-state index in [1.807, 2.05) is 0 Å².